The van der Waals surface area contributed by atoms with Crippen LogP contribution in [-0.4, -0.2) is 29.2 Å². The molecule has 1 aliphatic heterocycles. The molecule has 0 spiro atoms. The Morgan fingerprint density at radius 2 is 1.93 bits per heavy atom. The van der Waals surface area contributed by atoms with E-state index in [1.165, 1.54) is 5.56 Å². The van der Waals surface area contributed by atoms with Gasteiger partial charge in [0.05, 0.1) is 12.2 Å². The molecule has 1 atom stereocenters. The first-order chi connectivity index (χ1) is 13.7. The number of hydrogen-bond donors (Lipinski definition) is 0. The summed E-state index contributed by atoms with van der Waals surface area (Å²) in [5.74, 6) is 1.67. The second kappa shape index (κ2) is 7.84. The fourth-order valence-corrected chi connectivity index (χ4v) is 3.48. The summed E-state index contributed by atoms with van der Waals surface area (Å²) >= 11 is 0. The van der Waals surface area contributed by atoms with Crippen LogP contribution in [0.2, 0.25) is 0 Å². The molecule has 1 aromatic heterocycles. The lowest BCUT2D eigenvalue weighted by Crippen LogP contribution is -2.24. The summed E-state index contributed by atoms with van der Waals surface area (Å²) in [6.07, 6.45) is 1.35. The molecule has 1 fully saturated rings. The van der Waals surface area contributed by atoms with Crippen LogP contribution in [0.25, 0.3) is 11.5 Å². The SMILES string of the molecule is CCOc1ccccc1-c1nc([C@@H]2CC(=O)N(c3ccc(CC)cc3)C2)no1. The first kappa shape index (κ1) is 18.2. The van der Waals surface area contributed by atoms with Gasteiger partial charge in [0.25, 0.3) is 5.89 Å². The van der Waals surface area contributed by atoms with Gasteiger partial charge in [-0.3, -0.25) is 4.79 Å². The molecule has 4 rings (SSSR count). The standard InChI is InChI=1S/C22H23N3O3/c1-3-15-9-11-17(12-10-15)25-14-16(13-20(25)26)21-23-22(28-24-21)18-7-5-6-8-19(18)27-4-2/h5-12,16H,3-4,13-14H2,1-2H3/t16-/m1/s1. The van der Waals surface area contributed by atoms with E-state index >= 15 is 0 Å². The Balaban J connectivity index is 1.54. The minimum atomic E-state index is -0.0879. The van der Waals surface area contributed by atoms with Crippen LogP contribution in [0.5, 0.6) is 5.75 Å². The Bertz CT molecular complexity index is 965. The minimum Gasteiger partial charge on any atom is -0.493 e. The van der Waals surface area contributed by atoms with Crippen molar-refractivity contribution in [2.75, 3.05) is 18.1 Å². The molecule has 1 saturated heterocycles. The van der Waals surface area contributed by atoms with Crippen molar-refractivity contribution in [1.82, 2.24) is 10.1 Å². The summed E-state index contributed by atoms with van der Waals surface area (Å²) in [5.41, 5.74) is 2.93. The molecule has 1 amide bonds. The molecular weight excluding hydrogens is 354 g/mol. The third-order valence-electron chi connectivity index (χ3n) is 5.01. The van der Waals surface area contributed by atoms with Crippen LogP contribution in [0, 0.1) is 0 Å². The molecule has 0 N–H and O–H groups in total. The Hall–Kier alpha value is -3.15. The molecule has 6 heteroatoms. The smallest absolute Gasteiger partial charge is 0.261 e. The third-order valence-corrected chi connectivity index (χ3v) is 5.01. The molecule has 3 aromatic rings. The highest BCUT2D eigenvalue weighted by atomic mass is 16.5. The van der Waals surface area contributed by atoms with Crippen molar-refractivity contribution in [2.45, 2.75) is 32.6 Å². The largest absolute Gasteiger partial charge is 0.493 e. The van der Waals surface area contributed by atoms with E-state index in [0.29, 0.717) is 37.0 Å². The molecule has 0 aliphatic carbocycles. The molecule has 1 aliphatic rings. The van der Waals surface area contributed by atoms with Crippen molar-refractivity contribution in [1.29, 1.82) is 0 Å². The maximum atomic E-state index is 12.5. The molecule has 28 heavy (non-hydrogen) atoms. The zero-order valence-electron chi connectivity index (χ0n) is 16.1. The maximum absolute atomic E-state index is 12.5. The van der Waals surface area contributed by atoms with Crippen LogP contribution in [0.15, 0.2) is 53.1 Å². The van der Waals surface area contributed by atoms with Gasteiger partial charge in [0.15, 0.2) is 5.82 Å². The molecule has 6 nitrogen and oxygen atoms in total. The van der Waals surface area contributed by atoms with Gasteiger partial charge in [-0.2, -0.15) is 4.98 Å². The minimum absolute atomic E-state index is 0.0790. The topological polar surface area (TPSA) is 68.5 Å². The van der Waals surface area contributed by atoms with Gasteiger partial charge < -0.3 is 14.2 Å². The molecule has 0 bridgehead atoms. The van der Waals surface area contributed by atoms with Gasteiger partial charge in [0.2, 0.25) is 5.91 Å². The predicted molar refractivity (Wildman–Crippen MR) is 106 cm³/mol. The number of para-hydroxylation sites is 1. The summed E-state index contributed by atoms with van der Waals surface area (Å²) in [4.78, 5) is 18.9. The van der Waals surface area contributed by atoms with Gasteiger partial charge >= 0.3 is 0 Å². The normalized spacial score (nSPS) is 16.6. The molecule has 2 aromatic carbocycles. The number of carbonyl (C=O) groups is 1. The van der Waals surface area contributed by atoms with E-state index in [1.807, 2.05) is 43.3 Å². The maximum Gasteiger partial charge on any atom is 0.261 e. The highest BCUT2D eigenvalue weighted by molar-refractivity contribution is 5.96. The van der Waals surface area contributed by atoms with Gasteiger partial charge in [-0.05, 0) is 43.2 Å². The van der Waals surface area contributed by atoms with E-state index in [2.05, 4.69) is 29.2 Å². The molecule has 144 valence electrons. The van der Waals surface area contributed by atoms with Crippen molar-refractivity contribution >= 4 is 11.6 Å². The van der Waals surface area contributed by atoms with Gasteiger partial charge in [-0.1, -0.05) is 36.3 Å². The van der Waals surface area contributed by atoms with Gasteiger partial charge in [0.1, 0.15) is 5.75 Å². The van der Waals surface area contributed by atoms with Crippen molar-refractivity contribution < 1.29 is 14.1 Å². The Morgan fingerprint density at radius 3 is 2.68 bits per heavy atom. The molecule has 0 saturated carbocycles. The van der Waals surface area contributed by atoms with Crippen molar-refractivity contribution in [3.63, 3.8) is 0 Å². The number of aromatic nitrogens is 2. The Kier molecular flexibility index (Phi) is 5.10. The van der Waals surface area contributed by atoms with E-state index in [1.54, 1.807) is 4.90 Å². The fraction of sp³-hybridized carbons (Fsp3) is 0.318. The summed E-state index contributed by atoms with van der Waals surface area (Å²) in [6, 6.07) is 15.7. The Labute approximate surface area is 164 Å². The number of hydrogen-bond acceptors (Lipinski definition) is 5. The second-order valence-corrected chi connectivity index (χ2v) is 6.81. The summed E-state index contributed by atoms with van der Waals surface area (Å²) in [6.45, 7) is 5.16. The van der Waals surface area contributed by atoms with E-state index in [-0.39, 0.29) is 11.8 Å². The quantitative estimate of drug-likeness (QED) is 0.643. The number of benzene rings is 2. The predicted octanol–water partition coefficient (Wildman–Crippen LogP) is 4.22. The van der Waals surface area contributed by atoms with Crippen LogP contribution in [0.4, 0.5) is 5.69 Å². The summed E-state index contributed by atoms with van der Waals surface area (Å²) < 4.78 is 11.1. The molecule has 0 unspecified atom stereocenters. The van der Waals surface area contributed by atoms with Crippen LogP contribution < -0.4 is 9.64 Å². The van der Waals surface area contributed by atoms with Crippen molar-refractivity contribution in [2.24, 2.45) is 0 Å². The Morgan fingerprint density at radius 1 is 1.14 bits per heavy atom. The molecule has 0 radical (unpaired) electrons. The number of anilines is 1. The van der Waals surface area contributed by atoms with E-state index in [4.69, 9.17) is 9.26 Å². The molecular formula is C22H23N3O3. The lowest BCUT2D eigenvalue weighted by atomic mass is 10.1. The number of carbonyl (C=O) groups excluding carboxylic acids is 1. The van der Waals surface area contributed by atoms with Gasteiger partial charge in [0, 0.05) is 24.6 Å². The zero-order valence-corrected chi connectivity index (χ0v) is 16.1. The highest BCUT2D eigenvalue weighted by Crippen LogP contribution is 2.33. The monoisotopic (exact) mass is 377 g/mol. The fourth-order valence-electron chi connectivity index (χ4n) is 3.48. The third kappa shape index (κ3) is 3.50. The lowest BCUT2D eigenvalue weighted by molar-refractivity contribution is -0.117. The summed E-state index contributed by atoms with van der Waals surface area (Å²) in [7, 11) is 0. The van der Waals surface area contributed by atoms with Crippen LogP contribution in [-0.2, 0) is 11.2 Å². The van der Waals surface area contributed by atoms with E-state index in [9.17, 15) is 4.79 Å². The van der Waals surface area contributed by atoms with Crippen molar-refractivity contribution in [3.8, 4) is 17.2 Å². The first-order valence-corrected chi connectivity index (χ1v) is 9.64. The zero-order chi connectivity index (χ0) is 19.5. The number of nitrogens with zero attached hydrogens (tertiary/aromatic N) is 3. The van der Waals surface area contributed by atoms with Crippen molar-refractivity contribution in [3.05, 3.63) is 59.9 Å². The number of amides is 1. The lowest BCUT2D eigenvalue weighted by Gasteiger charge is -2.16. The van der Waals surface area contributed by atoms with E-state index in [0.717, 1.165) is 17.7 Å². The number of aryl methyl sites for hydroxylation is 1. The van der Waals surface area contributed by atoms with Gasteiger partial charge in [-0.25, -0.2) is 0 Å². The van der Waals surface area contributed by atoms with Crippen LogP contribution >= 0.6 is 0 Å². The first-order valence-electron chi connectivity index (χ1n) is 9.64. The number of rotatable bonds is 6. The summed E-state index contributed by atoms with van der Waals surface area (Å²) in [5, 5.41) is 4.15. The van der Waals surface area contributed by atoms with E-state index < -0.39 is 0 Å². The van der Waals surface area contributed by atoms with Crippen LogP contribution in [0.1, 0.15) is 37.6 Å². The highest BCUT2D eigenvalue weighted by Gasteiger charge is 2.34. The molecule has 2 heterocycles. The van der Waals surface area contributed by atoms with Gasteiger partial charge in [-0.15, -0.1) is 0 Å². The van der Waals surface area contributed by atoms with Crippen LogP contribution in [0.3, 0.4) is 0 Å². The second-order valence-electron chi connectivity index (χ2n) is 6.81. The number of ether oxygens (including phenoxy) is 1. The average molecular weight is 377 g/mol. The average Bonchev–Trinajstić information content (AvgIpc) is 3.36.